The lowest BCUT2D eigenvalue weighted by Crippen LogP contribution is -1.88. The van der Waals surface area contributed by atoms with Crippen molar-refractivity contribution in [3.63, 3.8) is 0 Å². The van der Waals surface area contributed by atoms with Crippen molar-refractivity contribution in [3.8, 4) is 5.75 Å². The van der Waals surface area contributed by atoms with Crippen molar-refractivity contribution < 1.29 is 4.74 Å². The van der Waals surface area contributed by atoms with Gasteiger partial charge in [0, 0.05) is 0 Å². The monoisotopic (exact) mass is 314 g/mol. The molecule has 0 saturated carbocycles. The first kappa shape index (κ1) is 19.5. The predicted octanol–water partition coefficient (Wildman–Crippen LogP) is 6.88. The molecule has 0 aliphatic heterocycles. The average molecular weight is 315 g/mol. The van der Waals surface area contributed by atoms with E-state index in [0.717, 1.165) is 12.2 Å². The molecule has 1 nitrogen and oxygen atoms in total. The molecule has 0 heterocycles. The zero-order valence-corrected chi connectivity index (χ0v) is 15.1. The van der Waals surface area contributed by atoms with Crippen LogP contribution in [0, 0.1) is 0 Å². The Bertz CT molecular complexity index is 445. The third kappa shape index (κ3) is 10.8. The molecule has 23 heavy (non-hydrogen) atoms. The first-order valence-corrected chi connectivity index (χ1v) is 9.29. The van der Waals surface area contributed by atoms with Crippen molar-refractivity contribution in [2.75, 3.05) is 7.11 Å². The van der Waals surface area contributed by atoms with Crippen LogP contribution in [0.4, 0.5) is 0 Å². The Morgan fingerprint density at radius 1 is 0.870 bits per heavy atom. The highest BCUT2D eigenvalue weighted by Gasteiger charge is 1.96. The van der Waals surface area contributed by atoms with Gasteiger partial charge in [-0.1, -0.05) is 69.0 Å². The molecule has 0 aliphatic rings. The van der Waals surface area contributed by atoms with Gasteiger partial charge in [-0.15, -0.1) is 0 Å². The number of hydrogen-bond donors (Lipinski definition) is 0. The number of benzene rings is 1. The van der Waals surface area contributed by atoms with Crippen molar-refractivity contribution in [2.24, 2.45) is 0 Å². The van der Waals surface area contributed by atoms with E-state index in [2.05, 4.69) is 49.4 Å². The molecule has 0 fully saturated rings. The molecule has 0 atom stereocenters. The van der Waals surface area contributed by atoms with Crippen LogP contribution in [0.1, 0.15) is 70.3 Å². The Kier molecular flexibility index (Phi) is 12.0. The molecule has 0 spiro atoms. The minimum absolute atomic E-state index is 0.971. The molecular formula is C22H34O. The highest BCUT2D eigenvalue weighted by atomic mass is 16.5. The van der Waals surface area contributed by atoms with Gasteiger partial charge in [-0.25, -0.2) is 0 Å². The number of rotatable bonds is 13. The average Bonchev–Trinajstić information content (AvgIpc) is 2.59. The number of unbranched alkanes of at least 4 members (excludes halogenated alkanes) is 6. The summed E-state index contributed by atoms with van der Waals surface area (Å²) in [6, 6.07) is 8.44. The van der Waals surface area contributed by atoms with E-state index >= 15 is 0 Å². The first-order chi connectivity index (χ1) is 11.4. The molecule has 1 aromatic carbocycles. The largest absolute Gasteiger partial charge is 0.497 e. The van der Waals surface area contributed by atoms with Gasteiger partial charge in [0.2, 0.25) is 0 Å². The van der Waals surface area contributed by atoms with Crippen LogP contribution in [0.15, 0.2) is 48.6 Å². The van der Waals surface area contributed by atoms with Crippen molar-refractivity contribution in [2.45, 2.75) is 71.1 Å². The van der Waals surface area contributed by atoms with Crippen LogP contribution in [-0.4, -0.2) is 7.11 Å². The summed E-state index contributed by atoms with van der Waals surface area (Å²) < 4.78 is 5.26. The van der Waals surface area contributed by atoms with E-state index < -0.39 is 0 Å². The maximum atomic E-state index is 5.26. The molecule has 0 amide bonds. The number of ether oxygens (including phenoxy) is 1. The normalized spacial score (nSPS) is 11.6. The summed E-state index contributed by atoms with van der Waals surface area (Å²) in [5.41, 5.74) is 1.39. The first-order valence-electron chi connectivity index (χ1n) is 9.29. The van der Waals surface area contributed by atoms with Gasteiger partial charge in [-0.2, -0.15) is 0 Å². The van der Waals surface area contributed by atoms with Gasteiger partial charge in [0.15, 0.2) is 0 Å². The zero-order valence-electron chi connectivity index (χ0n) is 15.1. The van der Waals surface area contributed by atoms with Crippen molar-refractivity contribution in [1.29, 1.82) is 0 Å². The van der Waals surface area contributed by atoms with Crippen LogP contribution in [0.3, 0.4) is 0 Å². The third-order valence-electron chi connectivity index (χ3n) is 4.03. The Morgan fingerprint density at radius 3 is 2.39 bits per heavy atom. The highest BCUT2D eigenvalue weighted by molar-refractivity contribution is 5.28. The van der Waals surface area contributed by atoms with Gasteiger partial charge in [-0.3, -0.25) is 0 Å². The third-order valence-corrected chi connectivity index (χ3v) is 4.03. The van der Waals surface area contributed by atoms with Crippen LogP contribution < -0.4 is 4.74 Å². The standard InChI is InChI=1S/C22H34O/c1-3-4-5-6-7-8-9-10-11-12-13-14-15-17-21-18-16-19-22(20-21)23-2/h5-6,8-9,16,18-20H,3-4,7,10-15,17H2,1-2H3. The van der Waals surface area contributed by atoms with Crippen LogP contribution >= 0.6 is 0 Å². The molecule has 0 aliphatic carbocycles. The number of hydrogen-bond acceptors (Lipinski definition) is 1. The molecule has 0 aromatic heterocycles. The number of aryl methyl sites for hydroxylation is 1. The van der Waals surface area contributed by atoms with E-state index in [-0.39, 0.29) is 0 Å². The zero-order chi connectivity index (χ0) is 16.6. The lowest BCUT2D eigenvalue weighted by molar-refractivity contribution is 0.414. The fourth-order valence-corrected chi connectivity index (χ4v) is 2.62. The van der Waals surface area contributed by atoms with E-state index in [4.69, 9.17) is 4.74 Å². The lowest BCUT2D eigenvalue weighted by atomic mass is 10.0. The van der Waals surface area contributed by atoms with E-state index in [1.54, 1.807) is 7.11 Å². The highest BCUT2D eigenvalue weighted by Crippen LogP contribution is 2.15. The molecule has 0 N–H and O–H groups in total. The maximum Gasteiger partial charge on any atom is 0.119 e. The Balaban J connectivity index is 1.94. The Hall–Kier alpha value is -1.50. The molecule has 128 valence electrons. The topological polar surface area (TPSA) is 9.23 Å². The minimum Gasteiger partial charge on any atom is -0.497 e. The molecule has 0 radical (unpaired) electrons. The van der Waals surface area contributed by atoms with Crippen LogP contribution in [-0.2, 0) is 6.42 Å². The molecule has 0 saturated heterocycles. The summed E-state index contributed by atoms with van der Waals surface area (Å²) in [7, 11) is 1.73. The second-order valence-corrected chi connectivity index (χ2v) is 6.13. The van der Waals surface area contributed by atoms with E-state index in [9.17, 15) is 0 Å². The van der Waals surface area contributed by atoms with Gasteiger partial charge in [0.1, 0.15) is 5.75 Å². The van der Waals surface area contributed by atoms with Gasteiger partial charge < -0.3 is 4.74 Å². The summed E-state index contributed by atoms with van der Waals surface area (Å²) in [5, 5.41) is 0. The van der Waals surface area contributed by atoms with E-state index in [1.807, 2.05) is 6.07 Å². The molecule has 0 bridgehead atoms. The molecule has 1 heteroatoms. The summed E-state index contributed by atoms with van der Waals surface area (Å²) in [4.78, 5) is 0. The van der Waals surface area contributed by atoms with Gasteiger partial charge in [0.25, 0.3) is 0 Å². The minimum atomic E-state index is 0.971. The van der Waals surface area contributed by atoms with Crippen LogP contribution in [0.25, 0.3) is 0 Å². The van der Waals surface area contributed by atoms with Gasteiger partial charge >= 0.3 is 0 Å². The smallest absolute Gasteiger partial charge is 0.119 e. The maximum absolute atomic E-state index is 5.26. The molecular weight excluding hydrogens is 280 g/mol. The lowest BCUT2D eigenvalue weighted by Gasteiger charge is -2.04. The summed E-state index contributed by atoms with van der Waals surface area (Å²) in [6.07, 6.45) is 21.8. The summed E-state index contributed by atoms with van der Waals surface area (Å²) in [6.45, 7) is 2.22. The molecule has 0 unspecified atom stereocenters. The fraction of sp³-hybridized carbons (Fsp3) is 0.545. The SMILES string of the molecule is CCCC=CCC=CCCCCCCCc1cccc(OC)c1. The van der Waals surface area contributed by atoms with Crippen molar-refractivity contribution in [3.05, 3.63) is 54.1 Å². The quantitative estimate of drug-likeness (QED) is 0.285. The van der Waals surface area contributed by atoms with Crippen LogP contribution in [0.2, 0.25) is 0 Å². The second-order valence-electron chi connectivity index (χ2n) is 6.13. The second kappa shape index (κ2) is 14.1. The molecule has 1 rings (SSSR count). The summed E-state index contributed by atoms with van der Waals surface area (Å²) in [5.74, 6) is 0.971. The predicted molar refractivity (Wildman–Crippen MR) is 102 cm³/mol. The van der Waals surface area contributed by atoms with Crippen LogP contribution in [0.5, 0.6) is 5.75 Å². The molecule has 1 aromatic rings. The Labute approximate surface area is 143 Å². The van der Waals surface area contributed by atoms with Gasteiger partial charge in [0.05, 0.1) is 7.11 Å². The number of methoxy groups -OCH3 is 1. The van der Waals surface area contributed by atoms with E-state index in [1.165, 1.54) is 63.4 Å². The van der Waals surface area contributed by atoms with Gasteiger partial charge in [-0.05, 0) is 56.2 Å². The fourth-order valence-electron chi connectivity index (χ4n) is 2.62. The summed E-state index contributed by atoms with van der Waals surface area (Å²) >= 11 is 0. The van der Waals surface area contributed by atoms with Crippen molar-refractivity contribution in [1.82, 2.24) is 0 Å². The number of allylic oxidation sites excluding steroid dienone is 4. The van der Waals surface area contributed by atoms with Crippen molar-refractivity contribution >= 4 is 0 Å². The van der Waals surface area contributed by atoms with E-state index in [0.29, 0.717) is 0 Å². The Morgan fingerprint density at radius 2 is 1.61 bits per heavy atom.